The van der Waals surface area contributed by atoms with Crippen LogP contribution in [0.1, 0.15) is 33.6 Å². The third-order valence-corrected chi connectivity index (χ3v) is 4.40. The first-order valence-electron chi connectivity index (χ1n) is 8.32. The maximum absolute atomic E-state index is 12.2. The zero-order valence-electron chi connectivity index (χ0n) is 14.9. The summed E-state index contributed by atoms with van der Waals surface area (Å²) >= 11 is 6.02. The highest BCUT2D eigenvalue weighted by Crippen LogP contribution is 2.27. The number of H-pyrrole nitrogens is 1. The summed E-state index contributed by atoms with van der Waals surface area (Å²) in [6, 6.07) is 0.137. The number of ether oxygens (including phenoxy) is 1. The molecule has 2 aromatic rings. The number of anilines is 1. The lowest BCUT2D eigenvalue weighted by atomic mass is 10.0. The van der Waals surface area contributed by atoms with Gasteiger partial charge >= 0.3 is 6.09 Å². The lowest BCUT2D eigenvalue weighted by Crippen LogP contribution is -2.47. The van der Waals surface area contributed by atoms with E-state index in [0.29, 0.717) is 11.2 Å². The highest BCUT2D eigenvalue weighted by atomic mass is 35.5. The van der Waals surface area contributed by atoms with Crippen molar-refractivity contribution < 1.29 is 9.53 Å². The average molecular weight is 367 g/mol. The van der Waals surface area contributed by atoms with Crippen LogP contribution in [0.15, 0.2) is 6.33 Å². The molecule has 1 aliphatic rings. The Balaban J connectivity index is 1.67. The summed E-state index contributed by atoms with van der Waals surface area (Å²) in [5.41, 5.74) is 0.848. The van der Waals surface area contributed by atoms with Crippen LogP contribution in [0.25, 0.3) is 11.2 Å². The number of nitrogens with zero attached hydrogens (tertiary/aromatic N) is 5. The van der Waals surface area contributed by atoms with E-state index in [1.54, 1.807) is 18.3 Å². The molecular weight excluding hydrogens is 344 g/mol. The van der Waals surface area contributed by atoms with Crippen LogP contribution in [0.4, 0.5) is 10.6 Å². The van der Waals surface area contributed by atoms with Gasteiger partial charge in [-0.05, 0) is 45.2 Å². The fourth-order valence-electron chi connectivity index (χ4n) is 2.96. The largest absolute Gasteiger partial charge is 0.444 e. The van der Waals surface area contributed by atoms with Gasteiger partial charge in [0.2, 0.25) is 5.28 Å². The maximum Gasteiger partial charge on any atom is 0.410 e. The lowest BCUT2D eigenvalue weighted by Gasteiger charge is -2.37. The number of rotatable bonds is 2. The zero-order chi connectivity index (χ0) is 18.2. The summed E-state index contributed by atoms with van der Waals surface area (Å²) in [6.07, 6.45) is 2.94. The van der Waals surface area contributed by atoms with Crippen molar-refractivity contribution in [1.29, 1.82) is 0 Å². The minimum Gasteiger partial charge on any atom is -0.444 e. The summed E-state index contributed by atoms with van der Waals surface area (Å²) in [6.45, 7) is 7.13. The molecule has 1 aliphatic heterocycles. The molecule has 0 saturated carbocycles. The molecule has 0 unspecified atom stereocenters. The molecule has 136 valence electrons. The molecule has 0 spiro atoms. The number of piperidine rings is 1. The highest BCUT2D eigenvalue weighted by molar-refractivity contribution is 6.28. The summed E-state index contributed by atoms with van der Waals surface area (Å²) in [5.74, 6) is 0.731. The van der Waals surface area contributed by atoms with Crippen LogP contribution in [0.3, 0.4) is 0 Å². The van der Waals surface area contributed by atoms with Gasteiger partial charge in [0, 0.05) is 26.2 Å². The van der Waals surface area contributed by atoms with Crippen molar-refractivity contribution in [3.63, 3.8) is 0 Å². The fraction of sp³-hybridized carbons (Fsp3) is 0.625. The van der Waals surface area contributed by atoms with Gasteiger partial charge in [-0.1, -0.05) is 0 Å². The second kappa shape index (κ2) is 6.67. The van der Waals surface area contributed by atoms with Crippen molar-refractivity contribution in [2.75, 3.05) is 25.0 Å². The number of halogens is 1. The Hall–Kier alpha value is -2.09. The minimum absolute atomic E-state index is 0.137. The van der Waals surface area contributed by atoms with E-state index in [1.807, 2.05) is 20.8 Å². The molecular formula is C16H23ClN6O2. The Morgan fingerprint density at radius 3 is 2.68 bits per heavy atom. The van der Waals surface area contributed by atoms with Gasteiger partial charge in [-0.2, -0.15) is 9.97 Å². The molecule has 9 heteroatoms. The van der Waals surface area contributed by atoms with Crippen molar-refractivity contribution in [2.24, 2.45) is 0 Å². The molecule has 25 heavy (non-hydrogen) atoms. The van der Waals surface area contributed by atoms with Crippen molar-refractivity contribution >= 4 is 34.7 Å². The molecule has 0 bridgehead atoms. The van der Waals surface area contributed by atoms with E-state index in [9.17, 15) is 4.79 Å². The van der Waals surface area contributed by atoms with Gasteiger partial charge in [-0.25, -0.2) is 9.78 Å². The van der Waals surface area contributed by atoms with E-state index in [4.69, 9.17) is 16.3 Å². The van der Waals surface area contributed by atoms with Crippen molar-refractivity contribution in [3.05, 3.63) is 11.6 Å². The number of carbonyl (C=O) groups excluding carboxylic acids is 1. The van der Waals surface area contributed by atoms with Crippen LogP contribution in [0.2, 0.25) is 5.28 Å². The first-order chi connectivity index (χ1) is 11.7. The Labute approximate surface area is 151 Å². The molecule has 0 atom stereocenters. The first kappa shape index (κ1) is 17.7. The lowest BCUT2D eigenvalue weighted by molar-refractivity contribution is 0.0201. The predicted octanol–water partition coefficient (Wildman–Crippen LogP) is 2.84. The second-order valence-electron chi connectivity index (χ2n) is 7.23. The van der Waals surface area contributed by atoms with Gasteiger partial charge in [0.05, 0.1) is 6.33 Å². The van der Waals surface area contributed by atoms with Crippen molar-refractivity contribution in [1.82, 2.24) is 24.8 Å². The van der Waals surface area contributed by atoms with E-state index in [1.165, 1.54) is 0 Å². The van der Waals surface area contributed by atoms with Crippen molar-refractivity contribution in [2.45, 2.75) is 45.3 Å². The minimum atomic E-state index is -0.491. The normalized spacial score (nSPS) is 16.3. The van der Waals surface area contributed by atoms with Crippen LogP contribution in [0, 0.1) is 0 Å². The predicted molar refractivity (Wildman–Crippen MR) is 95.9 cm³/mol. The molecule has 0 radical (unpaired) electrons. The quantitative estimate of drug-likeness (QED) is 0.822. The van der Waals surface area contributed by atoms with E-state index in [-0.39, 0.29) is 17.4 Å². The van der Waals surface area contributed by atoms with E-state index >= 15 is 0 Å². The molecule has 0 aromatic carbocycles. The van der Waals surface area contributed by atoms with Gasteiger partial charge in [-0.3, -0.25) is 0 Å². The summed E-state index contributed by atoms with van der Waals surface area (Å²) in [5, 5.41) is 0.194. The Morgan fingerprint density at radius 2 is 2.04 bits per heavy atom. The van der Waals surface area contributed by atoms with E-state index in [0.717, 1.165) is 31.7 Å². The number of amides is 1. The number of aromatic amines is 1. The molecule has 2 aromatic heterocycles. The number of aromatic nitrogens is 4. The van der Waals surface area contributed by atoms with E-state index < -0.39 is 5.60 Å². The fourth-order valence-corrected chi connectivity index (χ4v) is 3.13. The molecule has 0 aliphatic carbocycles. The molecule has 1 saturated heterocycles. The summed E-state index contributed by atoms with van der Waals surface area (Å²) in [4.78, 5) is 31.8. The number of hydrogen-bond donors (Lipinski definition) is 1. The third kappa shape index (κ3) is 3.95. The first-order valence-corrected chi connectivity index (χ1v) is 8.70. The highest BCUT2D eigenvalue weighted by Gasteiger charge is 2.29. The maximum atomic E-state index is 12.2. The van der Waals surface area contributed by atoms with Gasteiger partial charge in [0.25, 0.3) is 0 Å². The SMILES string of the molecule is CN(C(=O)OC(C)(C)C)C1CCN(c2nc(Cl)nc3[nH]cnc23)CC1. The number of fused-ring (bicyclic) bond motifs is 1. The van der Waals surface area contributed by atoms with Crippen LogP contribution in [0.5, 0.6) is 0 Å². The van der Waals surface area contributed by atoms with Crippen molar-refractivity contribution in [3.8, 4) is 0 Å². The molecule has 1 N–H and O–H groups in total. The molecule has 1 fully saturated rings. The number of carbonyl (C=O) groups is 1. The summed E-state index contributed by atoms with van der Waals surface area (Å²) in [7, 11) is 1.79. The van der Waals surface area contributed by atoms with Gasteiger partial charge in [0.15, 0.2) is 17.0 Å². The summed E-state index contributed by atoms with van der Waals surface area (Å²) < 4.78 is 5.45. The van der Waals surface area contributed by atoms with Crippen LogP contribution in [-0.2, 0) is 4.74 Å². The topological polar surface area (TPSA) is 87.2 Å². The molecule has 3 heterocycles. The standard InChI is InChI=1S/C16H23ClN6O2/c1-16(2,3)25-15(24)22(4)10-5-7-23(8-6-10)13-11-12(19-9-18-11)20-14(17)21-13/h9-10H,5-8H2,1-4H3,(H,18,19,20,21). The number of imidazole rings is 1. The Morgan fingerprint density at radius 1 is 1.36 bits per heavy atom. The van der Waals surface area contributed by atoms with Gasteiger partial charge in [-0.15, -0.1) is 0 Å². The van der Waals surface area contributed by atoms with Crippen LogP contribution >= 0.6 is 11.6 Å². The van der Waals surface area contributed by atoms with Crippen LogP contribution < -0.4 is 4.90 Å². The second-order valence-corrected chi connectivity index (χ2v) is 7.56. The van der Waals surface area contributed by atoms with E-state index in [2.05, 4.69) is 24.8 Å². The number of hydrogen-bond acceptors (Lipinski definition) is 6. The van der Waals surface area contributed by atoms with Gasteiger partial charge < -0.3 is 19.5 Å². The number of nitrogens with one attached hydrogen (secondary N) is 1. The zero-order valence-corrected chi connectivity index (χ0v) is 15.7. The molecule has 3 rings (SSSR count). The smallest absolute Gasteiger partial charge is 0.410 e. The monoisotopic (exact) mass is 366 g/mol. The molecule has 8 nitrogen and oxygen atoms in total. The molecule has 1 amide bonds. The van der Waals surface area contributed by atoms with Crippen LogP contribution in [-0.4, -0.2) is 62.7 Å². The van der Waals surface area contributed by atoms with Gasteiger partial charge in [0.1, 0.15) is 5.60 Å². The average Bonchev–Trinajstić information content (AvgIpc) is 3.00. The third-order valence-electron chi connectivity index (χ3n) is 4.23. The Kier molecular flexibility index (Phi) is 4.73. The Bertz CT molecular complexity index is 764.